The van der Waals surface area contributed by atoms with Crippen molar-refractivity contribution in [3.8, 4) is 0 Å². The Balaban J connectivity index is 1.78. The third-order valence-electron chi connectivity index (χ3n) is 6.67. The van der Waals surface area contributed by atoms with Gasteiger partial charge in [-0.25, -0.2) is 0 Å². The summed E-state index contributed by atoms with van der Waals surface area (Å²) >= 11 is 0. The van der Waals surface area contributed by atoms with Gasteiger partial charge in [0.2, 0.25) is 0 Å². The summed E-state index contributed by atoms with van der Waals surface area (Å²) in [6.07, 6.45) is 5.99. The summed E-state index contributed by atoms with van der Waals surface area (Å²) < 4.78 is 5.82. The second kappa shape index (κ2) is 5.99. The van der Waals surface area contributed by atoms with E-state index in [1.165, 1.54) is 24.8 Å². The summed E-state index contributed by atoms with van der Waals surface area (Å²) in [6.45, 7) is 14.0. The Labute approximate surface area is 135 Å². The summed E-state index contributed by atoms with van der Waals surface area (Å²) in [6, 6.07) is 0. The van der Waals surface area contributed by atoms with E-state index >= 15 is 0 Å². The molecule has 0 aromatic heterocycles. The van der Waals surface area contributed by atoms with Crippen LogP contribution in [-0.4, -0.2) is 36.6 Å². The largest absolute Gasteiger partial charge is 0.462 e. The third-order valence-corrected chi connectivity index (χ3v) is 6.67. The summed E-state index contributed by atoms with van der Waals surface area (Å²) in [5.74, 6) is 1.12. The Morgan fingerprint density at radius 1 is 1.36 bits per heavy atom. The average molecular weight is 305 g/mol. The number of carbonyl (C=O) groups is 1. The molecular weight excluding hydrogens is 274 g/mol. The SMILES string of the molecule is C=C1CCC[C@]2(C)C[C@H]3OC(=O)C(CN(CC)CC)[C@H]3C[C@@H]12. The number of nitrogens with zero attached hydrogens (tertiary/aromatic N) is 1. The van der Waals surface area contributed by atoms with Gasteiger partial charge >= 0.3 is 5.97 Å². The normalized spacial score (nSPS) is 41.3. The molecule has 3 nitrogen and oxygen atoms in total. The maximum Gasteiger partial charge on any atom is 0.310 e. The first-order valence-corrected chi connectivity index (χ1v) is 9.09. The molecule has 0 aromatic rings. The van der Waals surface area contributed by atoms with Gasteiger partial charge in [0, 0.05) is 12.5 Å². The Morgan fingerprint density at radius 3 is 2.77 bits per heavy atom. The van der Waals surface area contributed by atoms with Gasteiger partial charge in [-0.05, 0) is 56.5 Å². The highest BCUT2D eigenvalue weighted by atomic mass is 16.6. The molecule has 1 aliphatic heterocycles. The summed E-state index contributed by atoms with van der Waals surface area (Å²) in [5.41, 5.74) is 1.73. The van der Waals surface area contributed by atoms with Gasteiger partial charge in [-0.3, -0.25) is 4.79 Å². The van der Waals surface area contributed by atoms with Crippen LogP contribution in [0.4, 0.5) is 0 Å². The van der Waals surface area contributed by atoms with Crippen molar-refractivity contribution >= 4 is 5.97 Å². The fourth-order valence-corrected chi connectivity index (χ4v) is 5.22. The maximum atomic E-state index is 12.4. The summed E-state index contributed by atoms with van der Waals surface area (Å²) in [7, 11) is 0. The van der Waals surface area contributed by atoms with E-state index in [1.807, 2.05) is 0 Å². The number of rotatable bonds is 4. The first kappa shape index (κ1) is 16.0. The standard InChI is InChI=1S/C19H31NO2/c1-5-20(6-2)12-15-14-10-16-13(3)8-7-9-19(16,4)11-17(14)22-18(15)21/h14-17H,3,5-12H2,1-2,4H3/t14-,15?,16+,17-,19-/m1/s1. The monoisotopic (exact) mass is 305 g/mol. The molecular formula is C19H31NO2. The van der Waals surface area contributed by atoms with Crippen LogP contribution in [0.25, 0.3) is 0 Å². The van der Waals surface area contributed by atoms with Gasteiger partial charge in [0.15, 0.2) is 0 Å². The highest BCUT2D eigenvalue weighted by Gasteiger charge is 2.55. The fraction of sp³-hybridized carbons (Fsp3) is 0.842. The van der Waals surface area contributed by atoms with Crippen LogP contribution >= 0.6 is 0 Å². The van der Waals surface area contributed by atoms with Crippen molar-refractivity contribution < 1.29 is 9.53 Å². The molecule has 0 amide bonds. The van der Waals surface area contributed by atoms with Crippen molar-refractivity contribution in [3.05, 3.63) is 12.2 Å². The van der Waals surface area contributed by atoms with Crippen molar-refractivity contribution in [2.75, 3.05) is 19.6 Å². The Kier molecular flexibility index (Phi) is 4.37. The number of hydrogen-bond acceptors (Lipinski definition) is 3. The zero-order valence-corrected chi connectivity index (χ0v) is 14.4. The molecule has 22 heavy (non-hydrogen) atoms. The molecule has 0 bridgehead atoms. The van der Waals surface area contributed by atoms with E-state index in [0.29, 0.717) is 17.3 Å². The molecule has 3 aliphatic rings. The van der Waals surface area contributed by atoms with Crippen LogP contribution in [0.1, 0.15) is 52.9 Å². The molecule has 2 aliphatic carbocycles. The molecule has 1 saturated heterocycles. The molecule has 124 valence electrons. The van der Waals surface area contributed by atoms with Crippen molar-refractivity contribution in [2.24, 2.45) is 23.2 Å². The number of esters is 1. The summed E-state index contributed by atoms with van der Waals surface area (Å²) in [4.78, 5) is 14.8. The van der Waals surface area contributed by atoms with E-state index in [2.05, 4.69) is 32.3 Å². The van der Waals surface area contributed by atoms with Crippen molar-refractivity contribution in [1.29, 1.82) is 0 Å². The van der Waals surface area contributed by atoms with Crippen LogP contribution in [0, 0.1) is 23.2 Å². The van der Waals surface area contributed by atoms with Gasteiger partial charge in [0.1, 0.15) is 6.10 Å². The fourth-order valence-electron chi connectivity index (χ4n) is 5.22. The van der Waals surface area contributed by atoms with E-state index in [4.69, 9.17) is 4.74 Å². The molecule has 0 aromatic carbocycles. The average Bonchev–Trinajstić information content (AvgIpc) is 2.77. The minimum atomic E-state index is 0.0507. The Bertz CT molecular complexity index is 456. The molecule has 3 rings (SSSR count). The van der Waals surface area contributed by atoms with Crippen LogP contribution < -0.4 is 0 Å². The lowest BCUT2D eigenvalue weighted by molar-refractivity contribution is -0.146. The molecule has 1 heterocycles. The molecule has 0 radical (unpaired) electrons. The van der Waals surface area contributed by atoms with E-state index < -0.39 is 0 Å². The molecule has 1 unspecified atom stereocenters. The molecule has 0 N–H and O–H groups in total. The van der Waals surface area contributed by atoms with E-state index in [-0.39, 0.29) is 18.0 Å². The lowest BCUT2D eigenvalue weighted by Gasteiger charge is -2.50. The molecule has 2 saturated carbocycles. The van der Waals surface area contributed by atoms with Crippen LogP contribution in [0.5, 0.6) is 0 Å². The lowest BCUT2D eigenvalue weighted by Crippen LogP contribution is -2.45. The zero-order chi connectivity index (χ0) is 15.9. The van der Waals surface area contributed by atoms with Gasteiger partial charge in [-0.1, -0.05) is 32.9 Å². The van der Waals surface area contributed by atoms with Crippen LogP contribution in [0.3, 0.4) is 0 Å². The van der Waals surface area contributed by atoms with Crippen LogP contribution in [0.15, 0.2) is 12.2 Å². The summed E-state index contributed by atoms with van der Waals surface area (Å²) in [5, 5.41) is 0. The maximum absolute atomic E-state index is 12.4. The van der Waals surface area contributed by atoms with Crippen molar-refractivity contribution in [2.45, 2.75) is 59.0 Å². The zero-order valence-electron chi connectivity index (χ0n) is 14.4. The van der Waals surface area contributed by atoms with E-state index in [0.717, 1.165) is 32.5 Å². The van der Waals surface area contributed by atoms with Gasteiger partial charge < -0.3 is 9.64 Å². The Morgan fingerprint density at radius 2 is 2.09 bits per heavy atom. The van der Waals surface area contributed by atoms with Crippen LogP contribution in [-0.2, 0) is 9.53 Å². The van der Waals surface area contributed by atoms with Crippen LogP contribution in [0.2, 0.25) is 0 Å². The number of carbonyl (C=O) groups excluding carboxylic acids is 1. The lowest BCUT2D eigenvalue weighted by atomic mass is 9.55. The molecule has 3 heteroatoms. The van der Waals surface area contributed by atoms with Gasteiger partial charge in [-0.15, -0.1) is 0 Å². The number of allylic oxidation sites excluding steroid dienone is 1. The molecule has 3 fully saturated rings. The second-order valence-electron chi connectivity index (χ2n) is 7.89. The Hall–Kier alpha value is -0.830. The molecule has 5 atom stereocenters. The van der Waals surface area contributed by atoms with E-state index in [9.17, 15) is 4.79 Å². The highest BCUT2D eigenvalue weighted by Crippen LogP contribution is 2.56. The number of ether oxygens (including phenoxy) is 1. The highest BCUT2D eigenvalue weighted by molar-refractivity contribution is 5.75. The topological polar surface area (TPSA) is 29.5 Å². The van der Waals surface area contributed by atoms with Crippen molar-refractivity contribution in [3.63, 3.8) is 0 Å². The number of hydrogen-bond donors (Lipinski definition) is 0. The minimum Gasteiger partial charge on any atom is -0.462 e. The molecule has 0 spiro atoms. The van der Waals surface area contributed by atoms with Gasteiger partial charge in [-0.2, -0.15) is 0 Å². The third kappa shape index (κ3) is 2.62. The van der Waals surface area contributed by atoms with Gasteiger partial charge in [0.05, 0.1) is 5.92 Å². The van der Waals surface area contributed by atoms with Crippen molar-refractivity contribution in [1.82, 2.24) is 4.90 Å². The van der Waals surface area contributed by atoms with Gasteiger partial charge in [0.25, 0.3) is 0 Å². The quantitative estimate of drug-likeness (QED) is 0.586. The first-order valence-electron chi connectivity index (χ1n) is 9.09. The predicted octanol–water partition coefficient (Wildman–Crippen LogP) is 3.64. The minimum absolute atomic E-state index is 0.0507. The first-order chi connectivity index (χ1) is 10.5. The van der Waals surface area contributed by atoms with E-state index in [1.54, 1.807) is 0 Å². The number of fused-ring (bicyclic) bond motifs is 2. The smallest absolute Gasteiger partial charge is 0.310 e. The second-order valence-corrected chi connectivity index (χ2v) is 7.89. The predicted molar refractivity (Wildman–Crippen MR) is 88.5 cm³/mol.